The number of rotatable bonds is 3. The van der Waals surface area contributed by atoms with E-state index in [4.69, 9.17) is 5.11 Å². The zero-order valence-corrected chi connectivity index (χ0v) is 8.25. The summed E-state index contributed by atoms with van der Waals surface area (Å²) in [4.78, 5) is 21.6. The van der Waals surface area contributed by atoms with Crippen molar-refractivity contribution in [2.75, 3.05) is 0 Å². The third-order valence-electron chi connectivity index (χ3n) is 2.18. The highest BCUT2D eigenvalue weighted by molar-refractivity contribution is 5.83. The third kappa shape index (κ3) is 3.09. The molecule has 1 rings (SSSR count). The van der Waals surface area contributed by atoms with Gasteiger partial charge in [0.1, 0.15) is 11.5 Å². The van der Waals surface area contributed by atoms with Crippen LogP contribution in [-0.4, -0.2) is 22.0 Å². The number of ketones is 1. The molecule has 0 radical (unpaired) electrons. The largest absolute Gasteiger partial charge is 0.508 e. The molecule has 4 heteroatoms. The number of hydrogen-bond donors (Lipinski definition) is 2. The minimum atomic E-state index is -1.05. The molecule has 0 amide bonds. The van der Waals surface area contributed by atoms with E-state index in [1.807, 2.05) is 0 Å². The molecular weight excluding hydrogens is 196 g/mol. The van der Waals surface area contributed by atoms with Gasteiger partial charge in [0.15, 0.2) is 0 Å². The zero-order valence-electron chi connectivity index (χ0n) is 8.25. The molecule has 2 N–H and O–H groups in total. The molecule has 4 nitrogen and oxygen atoms in total. The molecule has 0 aliphatic heterocycles. The van der Waals surface area contributed by atoms with E-state index in [2.05, 4.69) is 0 Å². The summed E-state index contributed by atoms with van der Waals surface area (Å²) in [5, 5.41) is 17.7. The van der Waals surface area contributed by atoms with E-state index in [1.165, 1.54) is 25.2 Å². The molecule has 0 aromatic carbocycles. The van der Waals surface area contributed by atoms with Gasteiger partial charge in [-0.15, -0.1) is 0 Å². The molecular formula is C11H12O4. The molecule has 0 saturated carbocycles. The monoisotopic (exact) mass is 208 g/mol. The fourth-order valence-electron chi connectivity index (χ4n) is 1.45. The summed E-state index contributed by atoms with van der Waals surface area (Å²) in [7, 11) is 0. The zero-order chi connectivity index (χ0) is 11.4. The molecule has 80 valence electrons. The van der Waals surface area contributed by atoms with Crippen molar-refractivity contribution in [3.63, 3.8) is 0 Å². The first kappa shape index (κ1) is 11.2. The van der Waals surface area contributed by atoms with E-state index in [-0.39, 0.29) is 17.5 Å². The standard InChI is InChI=1S/C11H12O4/c1-7(12)10-6-9(13)4-2-8(10)3-5-11(14)15/h2-6,8,10,13H,1H3,(H,14,15)/b5-3+. The smallest absolute Gasteiger partial charge is 0.327 e. The fraction of sp³-hybridized carbons (Fsp3) is 0.273. The van der Waals surface area contributed by atoms with Gasteiger partial charge >= 0.3 is 5.97 Å². The van der Waals surface area contributed by atoms with Crippen molar-refractivity contribution in [2.24, 2.45) is 11.8 Å². The summed E-state index contributed by atoms with van der Waals surface area (Å²) >= 11 is 0. The van der Waals surface area contributed by atoms with Crippen LogP contribution >= 0.6 is 0 Å². The van der Waals surface area contributed by atoms with Gasteiger partial charge in [-0.1, -0.05) is 12.2 Å². The second-order valence-electron chi connectivity index (χ2n) is 3.36. The summed E-state index contributed by atoms with van der Waals surface area (Å²) in [5.41, 5.74) is 0. The quantitative estimate of drug-likeness (QED) is 0.688. The van der Waals surface area contributed by atoms with Gasteiger partial charge in [0.05, 0.1) is 0 Å². The second-order valence-corrected chi connectivity index (χ2v) is 3.36. The van der Waals surface area contributed by atoms with Gasteiger partial charge in [-0.3, -0.25) is 4.79 Å². The van der Waals surface area contributed by atoms with Gasteiger partial charge in [0.2, 0.25) is 0 Å². The van der Waals surface area contributed by atoms with Gasteiger partial charge in [-0.25, -0.2) is 4.79 Å². The van der Waals surface area contributed by atoms with E-state index in [0.29, 0.717) is 0 Å². The molecule has 0 aromatic rings. The van der Waals surface area contributed by atoms with Crippen LogP contribution in [0.15, 0.2) is 36.1 Å². The summed E-state index contributed by atoms with van der Waals surface area (Å²) in [6, 6.07) is 0. The Balaban J connectivity index is 2.85. The molecule has 2 atom stereocenters. The van der Waals surface area contributed by atoms with Crippen LogP contribution in [0.5, 0.6) is 0 Å². The Labute approximate surface area is 87.2 Å². The first-order valence-corrected chi connectivity index (χ1v) is 4.51. The van der Waals surface area contributed by atoms with E-state index >= 15 is 0 Å². The predicted molar refractivity (Wildman–Crippen MR) is 54.3 cm³/mol. The van der Waals surface area contributed by atoms with Crippen molar-refractivity contribution >= 4 is 11.8 Å². The van der Waals surface area contributed by atoms with Crippen LogP contribution in [0.1, 0.15) is 6.92 Å². The average molecular weight is 208 g/mol. The first-order valence-electron chi connectivity index (χ1n) is 4.51. The third-order valence-corrected chi connectivity index (χ3v) is 2.18. The van der Waals surface area contributed by atoms with Crippen molar-refractivity contribution in [3.8, 4) is 0 Å². The Morgan fingerprint density at radius 2 is 2.13 bits per heavy atom. The number of aliphatic hydroxyl groups excluding tert-OH is 1. The molecule has 1 aliphatic carbocycles. The van der Waals surface area contributed by atoms with Crippen LogP contribution in [0.3, 0.4) is 0 Å². The highest BCUT2D eigenvalue weighted by atomic mass is 16.4. The van der Waals surface area contributed by atoms with Gasteiger partial charge in [0, 0.05) is 17.9 Å². The number of carboxylic acid groups (broad SMARTS) is 1. The Kier molecular flexibility index (Phi) is 3.44. The molecule has 0 saturated heterocycles. The highest BCUT2D eigenvalue weighted by Gasteiger charge is 2.22. The average Bonchev–Trinajstić information content (AvgIpc) is 2.15. The van der Waals surface area contributed by atoms with E-state index in [0.717, 1.165) is 6.08 Å². The highest BCUT2D eigenvalue weighted by Crippen LogP contribution is 2.24. The Morgan fingerprint density at radius 3 is 2.67 bits per heavy atom. The molecule has 0 aromatic heterocycles. The number of carbonyl (C=O) groups excluding carboxylic acids is 1. The number of allylic oxidation sites excluding steroid dienone is 4. The van der Waals surface area contributed by atoms with E-state index in [1.54, 1.807) is 6.08 Å². The normalized spacial score (nSPS) is 25.3. The minimum absolute atomic E-state index is 0.0372. The second kappa shape index (κ2) is 4.59. The van der Waals surface area contributed by atoms with Crippen LogP contribution in [0.2, 0.25) is 0 Å². The number of aliphatic carboxylic acids is 1. The van der Waals surface area contributed by atoms with Crippen LogP contribution in [0, 0.1) is 11.8 Å². The molecule has 1 aliphatic rings. The maximum Gasteiger partial charge on any atom is 0.327 e. The van der Waals surface area contributed by atoms with Crippen LogP contribution in [0.4, 0.5) is 0 Å². The lowest BCUT2D eigenvalue weighted by molar-refractivity contribution is -0.131. The summed E-state index contributed by atoms with van der Waals surface area (Å²) in [6.45, 7) is 1.41. The SMILES string of the molecule is CC(=O)C1C=C(O)C=CC1/C=C/C(=O)O. The van der Waals surface area contributed by atoms with Crippen LogP contribution in [0.25, 0.3) is 0 Å². The first-order chi connectivity index (χ1) is 7.00. The Bertz CT molecular complexity index is 363. The lowest BCUT2D eigenvalue weighted by Crippen LogP contribution is -2.19. The number of carboxylic acids is 1. The predicted octanol–water partition coefficient (Wildman–Crippen LogP) is 1.46. The fourth-order valence-corrected chi connectivity index (χ4v) is 1.45. The van der Waals surface area contributed by atoms with Crippen LogP contribution < -0.4 is 0 Å². The molecule has 0 fully saturated rings. The van der Waals surface area contributed by atoms with Crippen molar-refractivity contribution in [1.29, 1.82) is 0 Å². The molecule has 0 heterocycles. The molecule has 2 unspecified atom stereocenters. The lowest BCUT2D eigenvalue weighted by Gasteiger charge is -2.19. The van der Waals surface area contributed by atoms with E-state index < -0.39 is 11.9 Å². The van der Waals surface area contributed by atoms with Crippen molar-refractivity contribution in [1.82, 2.24) is 0 Å². The summed E-state index contributed by atoms with van der Waals surface area (Å²) in [5.74, 6) is -1.90. The Morgan fingerprint density at radius 1 is 1.47 bits per heavy atom. The molecule has 0 spiro atoms. The van der Waals surface area contributed by atoms with Gasteiger partial charge in [-0.2, -0.15) is 0 Å². The van der Waals surface area contributed by atoms with Gasteiger partial charge in [-0.05, 0) is 19.1 Å². The molecule has 15 heavy (non-hydrogen) atoms. The maximum absolute atomic E-state index is 11.2. The summed E-state index contributed by atoms with van der Waals surface area (Å²) in [6.07, 6.45) is 6.94. The van der Waals surface area contributed by atoms with Gasteiger partial charge < -0.3 is 10.2 Å². The summed E-state index contributed by atoms with van der Waals surface area (Å²) < 4.78 is 0. The number of Topliss-reactive ketones (excluding diaryl/α,β-unsaturated/α-hetero) is 1. The van der Waals surface area contributed by atoms with Gasteiger partial charge in [0.25, 0.3) is 0 Å². The minimum Gasteiger partial charge on any atom is -0.508 e. The van der Waals surface area contributed by atoms with E-state index in [9.17, 15) is 14.7 Å². The number of aliphatic hydroxyl groups is 1. The number of carbonyl (C=O) groups is 2. The van der Waals surface area contributed by atoms with Crippen molar-refractivity contribution in [2.45, 2.75) is 6.92 Å². The maximum atomic E-state index is 11.2. The molecule has 0 bridgehead atoms. The van der Waals surface area contributed by atoms with Crippen LogP contribution in [-0.2, 0) is 9.59 Å². The Hall–Kier alpha value is -1.84. The van der Waals surface area contributed by atoms with Crippen molar-refractivity contribution in [3.05, 3.63) is 36.1 Å². The lowest BCUT2D eigenvalue weighted by atomic mass is 9.85. The topological polar surface area (TPSA) is 74.6 Å². The van der Waals surface area contributed by atoms with Crippen molar-refractivity contribution < 1.29 is 19.8 Å². The number of hydrogen-bond acceptors (Lipinski definition) is 3.